The average Bonchev–Trinajstić information content (AvgIpc) is 2.80. The smallest absolute Gasteiger partial charge is 0.137 e. The predicted octanol–water partition coefficient (Wildman–Crippen LogP) is 2.15. The number of anilines is 1. The Bertz CT molecular complexity index is 422. The quantitative estimate of drug-likeness (QED) is 0.832. The molecule has 1 heterocycles. The zero-order chi connectivity index (χ0) is 11.2. The monoisotopic (exact) mass is 216 g/mol. The highest BCUT2D eigenvalue weighted by atomic mass is 15.3. The maximum absolute atomic E-state index is 4.09. The van der Waals surface area contributed by atoms with Gasteiger partial charge >= 0.3 is 0 Å². The molecule has 0 saturated heterocycles. The van der Waals surface area contributed by atoms with Crippen LogP contribution in [0.2, 0.25) is 0 Å². The number of hydrogen-bond acceptors (Lipinski definition) is 3. The van der Waals surface area contributed by atoms with Crippen molar-refractivity contribution in [2.45, 2.75) is 19.9 Å². The van der Waals surface area contributed by atoms with Crippen molar-refractivity contribution in [2.24, 2.45) is 0 Å². The lowest BCUT2D eigenvalue weighted by Crippen LogP contribution is -2.03. The molecule has 0 spiro atoms. The first kappa shape index (κ1) is 10.7. The first-order valence-electron chi connectivity index (χ1n) is 5.53. The number of aromatic nitrogens is 3. The van der Waals surface area contributed by atoms with Crippen LogP contribution in [-0.2, 0) is 6.54 Å². The van der Waals surface area contributed by atoms with Crippen molar-refractivity contribution in [3.8, 4) is 0 Å². The van der Waals surface area contributed by atoms with Crippen molar-refractivity contribution in [2.75, 3.05) is 11.9 Å². The van der Waals surface area contributed by atoms with Crippen molar-refractivity contribution in [1.82, 2.24) is 14.8 Å². The molecule has 0 fully saturated rings. The molecular weight excluding hydrogens is 200 g/mol. The van der Waals surface area contributed by atoms with E-state index >= 15 is 0 Å². The lowest BCUT2D eigenvalue weighted by atomic mass is 10.2. The largest absolute Gasteiger partial charge is 0.385 e. The highest BCUT2D eigenvalue weighted by Crippen LogP contribution is 2.11. The van der Waals surface area contributed by atoms with Crippen LogP contribution < -0.4 is 5.32 Å². The molecule has 0 atom stereocenters. The van der Waals surface area contributed by atoms with E-state index in [2.05, 4.69) is 46.6 Å². The fourth-order valence-corrected chi connectivity index (χ4v) is 1.55. The van der Waals surface area contributed by atoms with Gasteiger partial charge in [0.25, 0.3) is 0 Å². The van der Waals surface area contributed by atoms with Crippen LogP contribution in [0.15, 0.2) is 36.9 Å². The van der Waals surface area contributed by atoms with Gasteiger partial charge in [-0.1, -0.05) is 19.1 Å². The van der Waals surface area contributed by atoms with Crippen LogP contribution in [0.5, 0.6) is 0 Å². The molecule has 2 rings (SSSR count). The summed E-state index contributed by atoms with van der Waals surface area (Å²) < 4.78 is 1.82. The summed E-state index contributed by atoms with van der Waals surface area (Å²) in [7, 11) is 0. The van der Waals surface area contributed by atoms with E-state index in [4.69, 9.17) is 0 Å². The fourth-order valence-electron chi connectivity index (χ4n) is 1.55. The zero-order valence-electron chi connectivity index (χ0n) is 9.43. The van der Waals surface area contributed by atoms with Crippen molar-refractivity contribution in [3.05, 3.63) is 42.5 Å². The second kappa shape index (κ2) is 5.30. The van der Waals surface area contributed by atoms with Crippen LogP contribution in [-0.4, -0.2) is 21.3 Å². The molecular formula is C12H16N4. The van der Waals surface area contributed by atoms with Gasteiger partial charge in [0.2, 0.25) is 0 Å². The molecule has 1 aromatic carbocycles. The van der Waals surface area contributed by atoms with Gasteiger partial charge in [0.05, 0.1) is 6.54 Å². The summed E-state index contributed by atoms with van der Waals surface area (Å²) in [5.41, 5.74) is 2.39. The predicted molar refractivity (Wildman–Crippen MR) is 64.3 cm³/mol. The van der Waals surface area contributed by atoms with Gasteiger partial charge in [-0.15, -0.1) is 0 Å². The van der Waals surface area contributed by atoms with Crippen LogP contribution in [0.3, 0.4) is 0 Å². The molecule has 16 heavy (non-hydrogen) atoms. The SMILES string of the molecule is CCCNc1cccc(Cn2cncn2)c1. The van der Waals surface area contributed by atoms with Crippen molar-refractivity contribution >= 4 is 5.69 Å². The molecule has 0 unspecified atom stereocenters. The normalized spacial score (nSPS) is 10.3. The zero-order valence-corrected chi connectivity index (χ0v) is 9.43. The number of hydrogen-bond donors (Lipinski definition) is 1. The topological polar surface area (TPSA) is 42.7 Å². The molecule has 2 aromatic rings. The molecule has 84 valence electrons. The lowest BCUT2D eigenvalue weighted by Gasteiger charge is -2.07. The molecule has 1 N–H and O–H groups in total. The summed E-state index contributed by atoms with van der Waals surface area (Å²) in [4.78, 5) is 3.93. The Hall–Kier alpha value is -1.84. The minimum Gasteiger partial charge on any atom is -0.385 e. The van der Waals surface area contributed by atoms with E-state index in [1.165, 1.54) is 11.3 Å². The average molecular weight is 216 g/mol. The Morgan fingerprint density at radius 2 is 2.31 bits per heavy atom. The number of nitrogens with one attached hydrogen (secondary N) is 1. The summed E-state index contributed by atoms with van der Waals surface area (Å²) in [5, 5.41) is 7.46. The Labute approximate surface area is 95.3 Å². The van der Waals surface area contributed by atoms with E-state index < -0.39 is 0 Å². The highest BCUT2D eigenvalue weighted by Gasteiger charge is 1.97. The van der Waals surface area contributed by atoms with E-state index in [9.17, 15) is 0 Å². The number of benzene rings is 1. The van der Waals surface area contributed by atoms with Gasteiger partial charge in [0, 0.05) is 12.2 Å². The molecule has 0 bridgehead atoms. The van der Waals surface area contributed by atoms with E-state index in [1.807, 2.05) is 4.68 Å². The lowest BCUT2D eigenvalue weighted by molar-refractivity contribution is 0.685. The Morgan fingerprint density at radius 3 is 3.06 bits per heavy atom. The van der Waals surface area contributed by atoms with Crippen molar-refractivity contribution < 1.29 is 0 Å². The molecule has 0 amide bonds. The second-order valence-corrected chi connectivity index (χ2v) is 3.72. The summed E-state index contributed by atoms with van der Waals surface area (Å²) in [6.45, 7) is 3.93. The van der Waals surface area contributed by atoms with Gasteiger partial charge in [0.15, 0.2) is 0 Å². The molecule has 1 aromatic heterocycles. The van der Waals surface area contributed by atoms with Crippen LogP contribution >= 0.6 is 0 Å². The van der Waals surface area contributed by atoms with E-state index in [0.29, 0.717) is 0 Å². The Balaban J connectivity index is 2.04. The minimum absolute atomic E-state index is 0.766. The molecule has 0 aliphatic rings. The summed E-state index contributed by atoms with van der Waals surface area (Å²) in [6.07, 6.45) is 4.42. The molecule has 0 radical (unpaired) electrons. The summed E-state index contributed by atoms with van der Waals surface area (Å²) >= 11 is 0. The molecule has 4 nitrogen and oxygen atoms in total. The van der Waals surface area contributed by atoms with Crippen LogP contribution in [0.25, 0.3) is 0 Å². The number of nitrogens with zero attached hydrogens (tertiary/aromatic N) is 3. The maximum atomic E-state index is 4.09. The third kappa shape index (κ3) is 2.82. The minimum atomic E-state index is 0.766. The molecule has 0 saturated carbocycles. The van der Waals surface area contributed by atoms with Gasteiger partial charge in [-0.25, -0.2) is 9.67 Å². The first-order valence-corrected chi connectivity index (χ1v) is 5.53. The molecule has 0 aliphatic carbocycles. The van der Waals surface area contributed by atoms with Gasteiger partial charge in [0.1, 0.15) is 12.7 Å². The molecule has 4 heteroatoms. The van der Waals surface area contributed by atoms with Gasteiger partial charge in [-0.2, -0.15) is 5.10 Å². The Kier molecular flexibility index (Phi) is 3.53. The van der Waals surface area contributed by atoms with Gasteiger partial charge in [-0.3, -0.25) is 0 Å². The van der Waals surface area contributed by atoms with Gasteiger partial charge in [-0.05, 0) is 24.1 Å². The van der Waals surface area contributed by atoms with Crippen LogP contribution in [0.1, 0.15) is 18.9 Å². The second-order valence-electron chi connectivity index (χ2n) is 3.72. The van der Waals surface area contributed by atoms with E-state index in [1.54, 1.807) is 12.7 Å². The van der Waals surface area contributed by atoms with Gasteiger partial charge < -0.3 is 5.32 Å². The highest BCUT2D eigenvalue weighted by molar-refractivity contribution is 5.45. The maximum Gasteiger partial charge on any atom is 0.137 e. The van der Waals surface area contributed by atoms with Crippen molar-refractivity contribution in [1.29, 1.82) is 0 Å². The number of rotatable bonds is 5. The molecule has 0 aliphatic heterocycles. The summed E-state index contributed by atoms with van der Waals surface area (Å²) in [5.74, 6) is 0. The third-order valence-corrected chi connectivity index (χ3v) is 2.32. The van der Waals surface area contributed by atoms with Crippen LogP contribution in [0.4, 0.5) is 5.69 Å². The third-order valence-electron chi connectivity index (χ3n) is 2.32. The first-order chi connectivity index (χ1) is 7.88. The van der Waals surface area contributed by atoms with E-state index in [-0.39, 0.29) is 0 Å². The standard InChI is InChI=1S/C12H16N4/c1-2-6-14-12-5-3-4-11(7-12)8-16-10-13-9-15-16/h3-5,7,9-10,14H,2,6,8H2,1H3. The summed E-state index contributed by atoms with van der Waals surface area (Å²) in [6, 6.07) is 8.39. The van der Waals surface area contributed by atoms with E-state index in [0.717, 1.165) is 19.5 Å². The van der Waals surface area contributed by atoms with Crippen LogP contribution in [0, 0.1) is 0 Å². The van der Waals surface area contributed by atoms with Crippen molar-refractivity contribution in [3.63, 3.8) is 0 Å². The fraction of sp³-hybridized carbons (Fsp3) is 0.333. The Morgan fingerprint density at radius 1 is 1.38 bits per heavy atom.